The second kappa shape index (κ2) is 4.68. The summed E-state index contributed by atoms with van der Waals surface area (Å²) in [6.45, 7) is 2.35. The highest BCUT2D eigenvalue weighted by molar-refractivity contribution is 5.00. The molecule has 1 aliphatic carbocycles. The van der Waals surface area contributed by atoms with Crippen molar-refractivity contribution < 1.29 is 13.3 Å². The minimum absolute atomic E-state index is 0.0270. The van der Waals surface area contributed by atoms with Crippen molar-refractivity contribution in [3.05, 3.63) is 11.7 Å². The van der Waals surface area contributed by atoms with E-state index in [9.17, 15) is 8.78 Å². The summed E-state index contributed by atoms with van der Waals surface area (Å²) >= 11 is 0. The third kappa shape index (κ3) is 2.80. The van der Waals surface area contributed by atoms with Crippen LogP contribution in [0.15, 0.2) is 4.52 Å². The largest absolute Gasteiger partial charge is 0.339 e. The van der Waals surface area contributed by atoms with Crippen LogP contribution in [0, 0.1) is 0 Å². The van der Waals surface area contributed by atoms with Crippen LogP contribution >= 0.6 is 0 Å². The van der Waals surface area contributed by atoms with Crippen LogP contribution in [-0.2, 0) is 0 Å². The minimum Gasteiger partial charge on any atom is -0.339 e. The van der Waals surface area contributed by atoms with Crippen molar-refractivity contribution in [2.45, 2.75) is 50.4 Å². The Hall–Kier alpha value is -1.04. The fraction of sp³-hybridized carbons (Fsp3) is 0.818. The van der Waals surface area contributed by atoms with Crippen LogP contribution in [0.1, 0.15) is 56.2 Å². The lowest BCUT2D eigenvalue weighted by molar-refractivity contribution is -0.0402. The van der Waals surface area contributed by atoms with Gasteiger partial charge < -0.3 is 10.3 Å². The summed E-state index contributed by atoms with van der Waals surface area (Å²) in [5.74, 6) is -1.46. The Bertz CT molecular complexity index is 371. The van der Waals surface area contributed by atoms with Gasteiger partial charge >= 0.3 is 0 Å². The quantitative estimate of drug-likeness (QED) is 0.888. The Labute approximate surface area is 98.6 Å². The second-order valence-corrected chi connectivity index (χ2v) is 4.76. The number of aromatic nitrogens is 2. The fourth-order valence-corrected chi connectivity index (χ4v) is 2.01. The molecule has 96 valence electrons. The highest BCUT2D eigenvalue weighted by atomic mass is 19.3. The van der Waals surface area contributed by atoms with Gasteiger partial charge in [-0.05, 0) is 12.8 Å². The number of rotatable bonds is 3. The molecule has 1 aliphatic rings. The molecule has 1 saturated carbocycles. The summed E-state index contributed by atoms with van der Waals surface area (Å²) in [4.78, 5) is 4.25. The average molecular weight is 245 g/mol. The molecule has 1 fully saturated rings. The zero-order valence-electron chi connectivity index (χ0n) is 9.83. The first kappa shape index (κ1) is 12.4. The molecule has 1 atom stereocenters. The normalized spacial score (nSPS) is 22.6. The molecule has 1 aromatic heterocycles. The fourth-order valence-electron chi connectivity index (χ4n) is 2.01. The number of hydrogen-bond acceptors (Lipinski definition) is 4. The Kier molecular flexibility index (Phi) is 3.42. The van der Waals surface area contributed by atoms with Gasteiger partial charge in [-0.25, -0.2) is 8.78 Å². The lowest BCUT2D eigenvalue weighted by Gasteiger charge is -2.25. The van der Waals surface area contributed by atoms with Crippen LogP contribution in [0.2, 0.25) is 0 Å². The minimum atomic E-state index is -2.52. The van der Waals surface area contributed by atoms with Crippen molar-refractivity contribution in [1.29, 1.82) is 0 Å². The number of alkyl halides is 2. The molecule has 2 N–H and O–H groups in total. The van der Waals surface area contributed by atoms with E-state index in [1.807, 2.05) is 6.92 Å². The van der Waals surface area contributed by atoms with E-state index in [1.165, 1.54) is 0 Å². The molecule has 0 spiro atoms. The van der Waals surface area contributed by atoms with Gasteiger partial charge in [-0.3, -0.25) is 0 Å². The molecule has 0 aliphatic heterocycles. The van der Waals surface area contributed by atoms with E-state index >= 15 is 0 Å². The van der Waals surface area contributed by atoms with Gasteiger partial charge in [0.25, 0.3) is 0 Å². The molecule has 1 aromatic rings. The van der Waals surface area contributed by atoms with Gasteiger partial charge in [0.05, 0.1) is 0 Å². The van der Waals surface area contributed by atoms with Gasteiger partial charge in [0.1, 0.15) is 0 Å². The molecule has 1 heterocycles. The molecule has 0 amide bonds. The van der Waals surface area contributed by atoms with Crippen molar-refractivity contribution in [3.63, 3.8) is 0 Å². The Morgan fingerprint density at radius 1 is 1.47 bits per heavy atom. The molecule has 2 rings (SSSR count). The number of nitrogens with zero attached hydrogens (tertiary/aromatic N) is 2. The van der Waals surface area contributed by atoms with E-state index < -0.39 is 5.92 Å². The lowest BCUT2D eigenvalue weighted by Crippen LogP contribution is -2.23. The smallest absolute Gasteiger partial charge is 0.248 e. The Morgan fingerprint density at radius 2 is 2.12 bits per heavy atom. The molecular formula is C11H17F2N3O. The topological polar surface area (TPSA) is 64.9 Å². The molecule has 4 nitrogen and oxygen atoms in total. The van der Waals surface area contributed by atoms with Crippen LogP contribution in [0.3, 0.4) is 0 Å². The number of nitrogens with two attached hydrogens (primary N) is 1. The van der Waals surface area contributed by atoms with E-state index in [0.717, 1.165) is 0 Å². The SMILES string of the molecule is CC(CN)c1noc(C2CCC(F)(F)CC2)n1. The van der Waals surface area contributed by atoms with Gasteiger partial charge in [-0.1, -0.05) is 12.1 Å². The number of halogens is 2. The highest BCUT2D eigenvalue weighted by Crippen LogP contribution is 2.40. The van der Waals surface area contributed by atoms with E-state index in [2.05, 4.69) is 10.1 Å². The maximum absolute atomic E-state index is 13.0. The molecular weight excluding hydrogens is 228 g/mol. The summed E-state index contributed by atoms with van der Waals surface area (Å²) in [5.41, 5.74) is 5.51. The van der Waals surface area contributed by atoms with Crippen molar-refractivity contribution in [2.75, 3.05) is 6.54 Å². The van der Waals surface area contributed by atoms with Crippen molar-refractivity contribution in [1.82, 2.24) is 10.1 Å². The third-order valence-electron chi connectivity index (χ3n) is 3.32. The molecule has 0 bridgehead atoms. The monoisotopic (exact) mass is 245 g/mol. The van der Waals surface area contributed by atoms with Crippen molar-refractivity contribution >= 4 is 0 Å². The maximum Gasteiger partial charge on any atom is 0.248 e. The van der Waals surface area contributed by atoms with Gasteiger partial charge in [0.15, 0.2) is 5.82 Å². The molecule has 1 unspecified atom stereocenters. The van der Waals surface area contributed by atoms with Crippen LogP contribution < -0.4 is 5.73 Å². The highest BCUT2D eigenvalue weighted by Gasteiger charge is 2.37. The number of hydrogen-bond donors (Lipinski definition) is 1. The standard InChI is InChI=1S/C11H17F2N3O/c1-7(6-14)9-15-10(17-16-9)8-2-4-11(12,13)5-3-8/h7-8H,2-6,14H2,1H3. The van der Waals surface area contributed by atoms with Crippen molar-refractivity contribution in [2.24, 2.45) is 5.73 Å². The molecule has 0 saturated heterocycles. The van der Waals surface area contributed by atoms with Crippen LogP contribution in [0.5, 0.6) is 0 Å². The predicted octanol–water partition coefficient (Wildman–Crippen LogP) is 2.42. The first-order valence-corrected chi connectivity index (χ1v) is 5.93. The summed E-state index contributed by atoms with van der Waals surface area (Å²) in [6, 6.07) is 0. The van der Waals surface area contributed by atoms with Gasteiger partial charge in [0, 0.05) is 31.2 Å². The van der Waals surface area contributed by atoms with Crippen LogP contribution in [0.25, 0.3) is 0 Å². The van der Waals surface area contributed by atoms with Gasteiger partial charge in [-0.15, -0.1) is 0 Å². The second-order valence-electron chi connectivity index (χ2n) is 4.76. The predicted molar refractivity (Wildman–Crippen MR) is 57.9 cm³/mol. The Balaban J connectivity index is 2.01. The molecule has 6 heteroatoms. The summed E-state index contributed by atoms with van der Waals surface area (Å²) < 4.78 is 31.1. The van der Waals surface area contributed by atoms with E-state index in [-0.39, 0.29) is 24.7 Å². The zero-order valence-corrected chi connectivity index (χ0v) is 9.83. The third-order valence-corrected chi connectivity index (χ3v) is 3.32. The first-order chi connectivity index (χ1) is 8.02. The molecule has 17 heavy (non-hydrogen) atoms. The summed E-state index contributed by atoms with van der Waals surface area (Å²) in [6.07, 6.45) is 0.626. The maximum atomic E-state index is 13.0. The average Bonchev–Trinajstić information content (AvgIpc) is 2.77. The van der Waals surface area contributed by atoms with Crippen molar-refractivity contribution in [3.8, 4) is 0 Å². The summed E-state index contributed by atoms with van der Waals surface area (Å²) in [5, 5.41) is 3.84. The zero-order chi connectivity index (χ0) is 12.5. The van der Waals surface area contributed by atoms with E-state index in [4.69, 9.17) is 10.3 Å². The van der Waals surface area contributed by atoms with Gasteiger partial charge in [0.2, 0.25) is 11.8 Å². The van der Waals surface area contributed by atoms with E-state index in [0.29, 0.717) is 31.1 Å². The van der Waals surface area contributed by atoms with Gasteiger partial charge in [-0.2, -0.15) is 4.98 Å². The molecule has 0 radical (unpaired) electrons. The first-order valence-electron chi connectivity index (χ1n) is 5.93. The van der Waals surface area contributed by atoms with E-state index in [1.54, 1.807) is 0 Å². The molecule has 0 aromatic carbocycles. The summed E-state index contributed by atoms with van der Waals surface area (Å²) in [7, 11) is 0. The van der Waals surface area contributed by atoms with Crippen LogP contribution in [-0.4, -0.2) is 22.6 Å². The van der Waals surface area contributed by atoms with Crippen LogP contribution in [0.4, 0.5) is 8.78 Å². The Morgan fingerprint density at radius 3 is 2.71 bits per heavy atom. The lowest BCUT2D eigenvalue weighted by atomic mass is 9.87.